The van der Waals surface area contributed by atoms with E-state index in [0.29, 0.717) is 0 Å². The van der Waals surface area contributed by atoms with E-state index in [0.717, 1.165) is 6.08 Å². The largest absolute Gasteiger partial charge is 0.206 e. The van der Waals surface area contributed by atoms with Crippen molar-refractivity contribution in [2.24, 2.45) is 0 Å². The van der Waals surface area contributed by atoms with Crippen molar-refractivity contribution in [2.75, 3.05) is 0 Å². The number of nitriles is 1. The smallest absolute Gasteiger partial charge is 0.138 e. The highest BCUT2D eigenvalue weighted by atomic mass is 79.9. The highest BCUT2D eigenvalue weighted by molar-refractivity contribution is 9.11. The Hall–Kier alpha value is -0.880. The minimum Gasteiger partial charge on any atom is -0.206 e. The highest BCUT2D eigenvalue weighted by Crippen LogP contribution is 2.16. The molecule has 0 amide bonds. The number of allylic oxidation sites excluding steroid dienone is 4. The molecule has 0 aromatic rings. The van der Waals surface area contributed by atoms with E-state index < -0.39 is 5.83 Å². The fraction of sp³-hybridized carbons (Fsp3) is 0. The molecule has 0 fully saturated rings. The molecule has 1 nitrogen and oxygen atoms in total. The van der Waals surface area contributed by atoms with Gasteiger partial charge in [-0.05, 0) is 22.0 Å². The number of hydrogen-bond acceptors (Lipinski definition) is 1. The van der Waals surface area contributed by atoms with E-state index in [9.17, 15) is 4.39 Å². The molecular formula is C7H5BrFN. The van der Waals surface area contributed by atoms with Crippen LogP contribution in [0.25, 0.3) is 0 Å². The van der Waals surface area contributed by atoms with Crippen molar-refractivity contribution in [3.63, 3.8) is 0 Å². The summed E-state index contributed by atoms with van der Waals surface area (Å²) in [5.41, 5.74) is 0.0677. The Balaban J connectivity index is 4.35. The molecule has 0 aromatic carbocycles. The average molecular weight is 202 g/mol. The van der Waals surface area contributed by atoms with Crippen LogP contribution in [-0.4, -0.2) is 0 Å². The van der Waals surface area contributed by atoms with E-state index in [1.165, 1.54) is 0 Å². The lowest BCUT2D eigenvalue weighted by molar-refractivity contribution is 0.664. The van der Waals surface area contributed by atoms with E-state index in [-0.39, 0.29) is 10.1 Å². The molecule has 0 N–H and O–H groups in total. The predicted octanol–water partition coefficient (Wildman–Crippen LogP) is 2.83. The first-order valence-corrected chi connectivity index (χ1v) is 3.18. The molecule has 0 radical (unpaired) electrons. The lowest BCUT2D eigenvalue weighted by atomic mass is 10.3. The minimum absolute atomic E-state index is 0.0677. The first-order chi connectivity index (χ1) is 4.57. The highest BCUT2D eigenvalue weighted by Gasteiger charge is 1.96. The van der Waals surface area contributed by atoms with Crippen LogP contribution in [0.1, 0.15) is 0 Å². The maximum Gasteiger partial charge on any atom is 0.138 e. The Morgan fingerprint density at radius 1 is 1.60 bits per heavy atom. The van der Waals surface area contributed by atoms with Crippen LogP contribution in [0.15, 0.2) is 35.1 Å². The molecule has 0 spiro atoms. The molecule has 52 valence electrons. The molecule has 10 heavy (non-hydrogen) atoms. The van der Waals surface area contributed by atoms with Crippen molar-refractivity contribution in [3.05, 3.63) is 35.1 Å². The summed E-state index contributed by atoms with van der Waals surface area (Å²) in [6, 6.07) is 1.68. The standard InChI is InChI=1S/C7H5BrFN/c1-5(4-10)3-7(9)6(2)8/h3H,1-2H2/b7-3+. The summed E-state index contributed by atoms with van der Waals surface area (Å²) in [7, 11) is 0. The summed E-state index contributed by atoms with van der Waals surface area (Å²) in [6.07, 6.45) is 1.01. The van der Waals surface area contributed by atoms with Crippen molar-refractivity contribution in [3.8, 4) is 6.07 Å². The van der Waals surface area contributed by atoms with Crippen LogP contribution >= 0.6 is 15.9 Å². The van der Waals surface area contributed by atoms with Crippen molar-refractivity contribution < 1.29 is 4.39 Å². The Kier molecular flexibility index (Phi) is 3.67. The van der Waals surface area contributed by atoms with Gasteiger partial charge in [-0.1, -0.05) is 13.2 Å². The van der Waals surface area contributed by atoms with Crippen LogP contribution in [0.2, 0.25) is 0 Å². The van der Waals surface area contributed by atoms with Gasteiger partial charge < -0.3 is 0 Å². The summed E-state index contributed by atoms with van der Waals surface area (Å²) in [5.74, 6) is -0.577. The van der Waals surface area contributed by atoms with Gasteiger partial charge in [-0.15, -0.1) is 0 Å². The second kappa shape index (κ2) is 4.02. The zero-order chi connectivity index (χ0) is 8.15. The van der Waals surface area contributed by atoms with Crippen molar-refractivity contribution >= 4 is 15.9 Å². The van der Waals surface area contributed by atoms with Gasteiger partial charge in [0.05, 0.1) is 6.07 Å². The second-order valence-corrected chi connectivity index (χ2v) is 2.49. The van der Waals surface area contributed by atoms with E-state index in [1.807, 2.05) is 0 Å². The molecule has 0 rings (SSSR count). The fourth-order valence-corrected chi connectivity index (χ4v) is 0.378. The quantitative estimate of drug-likeness (QED) is 0.498. The van der Waals surface area contributed by atoms with E-state index >= 15 is 0 Å². The fourth-order valence-electron chi connectivity index (χ4n) is 0.264. The van der Waals surface area contributed by atoms with E-state index in [1.54, 1.807) is 6.07 Å². The molecule has 0 saturated carbocycles. The van der Waals surface area contributed by atoms with Gasteiger partial charge in [-0.3, -0.25) is 0 Å². The molecule has 0 bridgehead atoms. The summed E-state index contributed by atoms with van der Waals surface area (Å²) in [5, 5.41) is 8.16. The Bertz CT molecular complexity index is 234. The molecule has 0 heterocycles. The Morgan fingerprint density at radius 3 is 2.40 bits per heavy atom. The van der Waals surface area contributed by atoms with Crippen molar-refractivity contribution in [1.29, 1.82) is 5.26 Å². The SMILES string of the molecule is C=C(C#N)/C=C(/F)C(=C)Br. The Labute approximate surface area is 67.3 Å². The lowest BCUT2D eigenvalue weighted by Crippen LogP contribution is -1.72. The van der Waals surface area contributed by atoms with Gasteiger partial charge in [-0.2, -0.15) is 5.26 Å². The minimum atomic E-state index is -0.577. The van der Waals surface area contributed by atoms with Gasteiger partial charge in [0.15, 0.2) is 0 Å². The van der Waals surface area contributed by atoms with Crippen molar-refractivity contribution in [1.82, 2.24) is 0 Å². The summed E-state index contributed by atoms with van der Waals surface area (Å²) >= 11 is 2.81. The third kappa shape index (κ3) is 3.21. The molecule has 0 aliphatic carbocycles. The van der Waals surface area contributed by atoms with Crippen molar-refractivity contribution in [2.45, 2.75) is 0 Å². The van der Waals surface area contributed by atoms with Gasteiger partial charge in [-0.25, -0.2) is 4.39 Å². The normalized spacial score (nSPS) is 10.3. The zero-order valence-corrected chi connectivity index (χ0v) is 6.78. The summed E-state index contributed by atoms with van der Waals surface area (Å²) in [4.78, 5) is 0. The van der Waals surface area contributed by atoms with E-state index in [2.05, 4.69) is 29.1 Å². The monoisotopic (exact) mass is 201 g/mol. The van der Waals surface area contributed by atoms with Crippen LogP contribution in [-0.2, 0) is 0 Å². The van der Waals surface area contributed by atoms with Crippen LogP contribution in [0, 0.1) is 11.3 Å². The van der Waals surface area contributed by atoms with Gasteiger partial charge in [0.1, 0.15) is 5.83 Å². The predicted molar refractivity (Wildman–Crippen MR) is 42.0 cm³/mol. The van der Waals surface area contributed by atoms with Gasteiger partial charge in [0.25, 0.3) is 0 Å². The molecular weight excluding hydrogens is 197 g/mol. The summed E-state index contributed by atoms with van der Waals surface area (Å²) < 4.78 is 12.6. The summed E-state index contributed by atoms with van der Waals surface area (Å²) in [6.45, 7) is 6.52. The molecule has 0 atom stereocenters. The molecule has 0 unspecified atom stereocenters. The third-order valence-electron chi connectivity index (χ3n) is 0.704. The van der Waals surface area contributed by atoms with Crippen LogP contribution in [0.4, 0.5) is 4.39 Å². The molecule has 0 saturated heterocycles. The van der Waals surface area contributed by atoms with Crippen LogP contribution in [0.3, 0.4) is 0 Å². The van der Waals surface area contributed by atoms with Gasteiger partial charge >= 0.3 is 0 Å². The molecule has 3 heteroatoms. The number of nitrogens with zero attached hydrogens (tertiary/aromatic N) is 1. The number of rotatable bonds is 2. The Morgan fingerprint density at radius 2 is 2.10 bits per heavy atom. The van der Waals surface area contributed by atoms with Crippen LogP contribution in [0.5, 0.6) is 0 Å². The molecule has 0 aliphatic rings. The second-order valence-electron chi connectivity index (χ2n) is 1.53. The van der Waals surface area contributed by atoms with Crippen LogP contribution < -0.4 is 0 Å². The van der Waals surface area contributed by atoms with E-state index in [4.69, 9.17) is 5.26 Å². The van der Waals surface area contributed by atoms with Gasteiger partial charge in [0, 0.05) is 10.1 Å². The zero-order valence-electron chi connectivity index (χ0n) is 5.19. The average Bonchev–Trinajstić information content (AvgIpc) is 1.87. The molecule has 0 aliphatic heterocycles. The maximum atomic E-state index is 12.5. The topological polar surface area (TPSA) is 23.8 Å². The number of halogens is 2. The molecule has 0 aromatic heterocycles. The first kappa shape index (κ1) is 9.12. The lowest BCUT2D eigenvalue weighted by Gasteiger charge is -1.88. The first-order valence-electron chi connectivity index (χ1n) is 2.39. The number of hydrogen-bond donors (Lipinski definition) is 0. The van der Waals surface area contributed by atoms with Gasteiger partial charge in [0.2, 0.25) is 0 Å². The third-order valence-corrected chi connectivity index (χ3v) is 1.08. The maximum absolute atomic E-state index is 12.5.